The molecule has 2 aromatic rings. The van der Waals surface area contributed by atoms with Gasteiger partial charge in [0.1, 0.15) is 11.3 Å². The molecule has 0 bridgehead atoms. The minimum atomic E-state index is -0.0478. The lowest BCUT2D eigenvalue weighted by Crippen LogP contribution is -2.18. The maximum Gasteiger partial charge on any atom is 0.181 e. The number of aromatic nitrogens is 4. The van der Waals surface area contributed by atoms with Crippen LogP contribution in [0.3, 0.4) is 0 Å². The second-order valence-corrected chi connectivity index (χ2v) is 5.97. The van der Waals surface area contributed by atoms with Gasteiger partial charge in [-0.3, -0.25) is 0 Å². The Hall–Kier alpha value is -1.45. The summed E-state index contributed by atoms with van der Waals surface area (Å²) in [6.07, 6.45) is 3.99. The van der Waals surface area contributed by atoms with Crippen LogP contribution in [0.25, 0.3) is 11.2 Å². The number of imidazole rings is 1. The van der Waals surface area contributed by atoms with E-state index in [2.05, 4.69) is 49.6 Å². The molecule has 0 radical (unpaired) electrons. The summed E-state index contributed by atoms with van der Waals surface area (Å²) >= 11 is 0. The third kappa shape index (κ3) is 2.37. The molecular formula is C14H22N4. The highest BCUT2D eigenvalue weighted by Gasteiger charge is 2.22. The molecule has 0 aliphatic rings. The van der Waals surface area contributed by atoms with Gasteiger partial charge in [0.25, 0.3) is 0 Å². The number of hydrogen-bond donors (Lipinski definition) is 1. The first-order chi connectivity index (χ1) is 8.43. The summed E-state index contributed by atoms with van der Waals surface area (Å²) < 4.78 is 0. The van der Waals surface area contributed by atoms with Gasteiger partial charge in [-0.2, -0.15) is 0 Å². The number of H-pyrrole nitrogens is 1. The Bertz CT molecular complexity index is 536. The molecule has 4 heteroatoms. The standard InChI is InChI=1S/C14H22N4/c1-6-7-9(2)10-11-12(16-8-15-11)18-13(17-10)14(3,4)5/h8-9H,6-7H2,1-5H3,(H,15,16,17,18). The maximum absolute atomic E-state index is 4.78. The third-order valence-electron chi connectivity index (χ3n) is 3.17. The first-order valence-electron chi connectivity index (χ1n) is 6.65. The molecule has 18 heavy (non-hydrogen) atoms. The molecule has 0 aliphatic carbocycles. The SMILES string of the molecule is CCCC(C)c1nc(C(C)(C)C)nc2nc[nH]c12. The van der Waals surface area contributed by atoms with E-state index in [4.69, 9.17) is 4.98 Å². The lowest BCUT2D eigenvalue weighted by Gasteiger charge is -2.19. The Morgan fingerprint density at radius 1 is 1.28 bits per heavy atom. The second kappa shape index (κ2) is 4.67. The Kier molecular flexibility index (Phi) is 3.37. The smallest absolute Gasteiger partial charge is 0.181 e. The van der Waals surface area contributed by atoms with E-state index in [1.165, 1.54) is 0 Å². The Morgan fingerprint density at radius 3 is 2.61 bits per heavy atom. The van der Waals surface area contributed by atoms with E-state index < -0.39 is 0 Å². The van der Waals surface area contributed by atoms with Crippen molar-refractivity contribution in [3.63, 3.8) is 0 Å². The van der Waals surface area contributed by atoms with E-state index >= 15 is 0 Å². The van der Waals surface area contributed by atoms with Crippen molar-refractivity contribution in [2.75, 3.05) is 0 Å². The van der Waals surface area contributed by atoms with Crippen molar-refractivity contribution in [3.8, 4) is 0 Å². The Morgan fingerprint density at radius 2 is 2.00 bits per heavy atom. The summed E-state index contributed by atoms with van der Waals surface area (Å²) in [7, 11) is 0. The monoisotopic (exact) mass is 246 g/mol. The third-order valence-corrected chi connectivity index (χ3v) is 3.17. The minimum absolute atomic E-state index is 0.0478. The van der Waals surface area contributed by atoms with Gasteiger partial charge in [-0.25, -0.2) is 15.0 Å². The first-order valence-corrected chi connectivity index (χ1v) is 6.65. The fraction of sp³-hybridized carbons (Fsp3) is 0.643. The molecule has 0 fully saturated rings. The summed E-state index contributed by atoms with van der Waals surface area (Å²) in [4.78, 5) is 16.8. The molecule has 1 atom stereocenters. The number of fused-ring (bicyclic) bond motifs is 1. The molecular weight excluding hydrogens is 224 g/mol. The highest BCUT2D eigenvalue weighted by molar-refractivity contribution is 5.73. The van der Waals surface area contributed by atoms with Crippen LogP contribution in [0.5, 0.6) is 0 Å². The highest BCUT2D eigenvalue weighted by atomic mass is 15.0. The van der Waals surface area contributed by atoms with Gasteiger partial charge < -0.3 is 4.98 Å². The van der Waals surface area contributed by atoms with Crippen molar-refractivity contribution >= 4 is 11.2 Å². The van der Waals surface area contributed by atoms with E-state index in [9.17, 15) is 0 Å². The average molecular weight is 246 g/mol. The molecule has 0 aromatic carbocycles. The van der Waals surface area contributed by atoms with Crippen LogP contribution in [0.2, 0.25) is 0 Å². The zero-order valence-corrected chi connectivity index (χ0v) is 11.9. The number of nitrogens with one attached hydrogen (secondary N) is 1. The Labute approximate surface area is 108 Å². The molecule has 1 N–H and O–H groups in total. The molecule has 98 valence electrons. The summed E-state index contributed by atoms with van der Waals surface area (Å²) in [6.45, 7) is 10.8. The molecule has 1 unspecified atom stereocenters. The van der Waals surface area contributed by atoms with E-state index in [0.717, 1.165) is 35.5 Å². The summed E-state index contributed by atoms with van der Waals surface area (Å²) in [6, 6.07) is 0. The highest BCUT2D eigenvalue weighted by Crippen LogP contribution is 2.27. The number of hydrogen-bond acceptors (Lipinski definition) is 3. The molecule has 0 amide bonds. The van der Waals surface area contributed by atoms with Crippen LogP contribution in [-0.4, -0.2) is 19.9 Å². The Balaban J connectivity index is 2.58. The van der Waals surface area contributed by atoms with Gasteiger partial charge in [-0.15, -0.1) is 0 Å². The number of nitrogens with zero attached hydrogens (tertiary/aromatic N) is 3. The van der Waals surface area contributed by atoms with Gasteiger partial charge >= 0.3 is 0 Å². The molecule has 2 aromatic heterocycles. The maximum atomic E-state index is 4.78. The van der Waals surface area contributed by atoms with Crippen LogP contribution in [0.1, 0.15) is 64.9 Å². The van der Waals surface area contributed by atoms with Crippen LogP contribution in [0.15, 0.2) is 6.33 Å². The van der Waals surface area contributed by atoms with Gasteiger partial charge in [-0.05, 0) is 6.42 Å². The van der Waals surface area contributed by atoms with E-state index in [0.29, 0.717) is 5.92 Å². The normalized spacial score (nSPS) is 14.1. The predicted octanol–water partition coefficient (Wildman–Crippen LogP) is 3.55. The number of aromatic amines is 1. The topological polar surface area (TPSA) is 54.5 Å². The zero-order chi connectivity index (χ0) is 13.3. The molecule has 2 heterocycles. The summed E-state index contributed by atoms with van der Waals surface area (Å²) in [5.74, 6) is 1.31. The van der Waals surface area contributed by atoms with Crippen LogP contribution in [0, 0.1) is 0 Å². The first kappa shape index (κ1) is 13.0. The summed E-state index contributed by atoms with van der Waals surface area (Å²) in [5, 5.41) is 0. The number of rotatable bonds is 3. The van der Waals surface area contributed by atoms with Gasteiger partial charge in [0, 0.05) is 11.3 Å². The lowest BCUT2D eigenvalue weighted by atomic mass is 9.94. The van der Waals surface area contributed by atoms with Gasteiger partial charge in [0.15, 0.2) is 5.65 Å². The van der Waals surface area contributed by atoms with Gasteiger partial charge in [-0.1, -0.05) is 41.0 Å². The van der Waals surface area contributed by atoms with Gasteiger partial charge in [0.05, 0.1) is 12.0 Å². The van der Waals surface area contributed by atoms with Crippen LogP contribution < -0.4 is 0 Å². The van der Waals surface area contributed by atoms with E-state index in [-0.39, 0.29) is 5.41 Å². The quantitative estimate of drug-likeness (QED) is 0.901. The van der Waals surface area contributed by atoms with E-state index in [1.807, 2.05) is 0 Å². The van der Waals surface area contributed by atoms with Crippen molar-refractivity contribution in [2.45, 2.75) is 58.8 Å². The zero-order valence-electron chi connectivity index (χ0n) is 11.9. The fourth-order valence-corrected chi connectivity index (χ4v) is 2.12. The summed E-state index contributed by atoms with van der Waals surface area (Å²) in [5.41, 5.74) is 2.83. The fourth-order valence-electron chi connectivity index (χ4n) is 2.12. The second-order valence-electron chi connectivity index (χ2n) is 5.97. The van der Waals surface area contributed by atoms with Crippen molar-refractivity contribution in [3.05, 3.63) is 17.8 Å². The molecule has 4 nitrogen and oxygen atoms in total. The van der Waals surface area contributed by atoms with E-state index in [1.54, 1.807) is 6.33 Å². The van der Waals surface area contributed by atoms with Crippen molar-refractivity contribution in [1.82, 2.24) is 19.9 Å². The van der Waals surface area contributed by atoms with Gasteiger partial charge in [0.2, 0.25) is 0 Å². The van der Waals surface area contributed by atoms with Crippen LogP contribution in [-0.2, 0) is 5.41 Å². The predicted molar refractivity (Wildman–Crippen MR) is 73.7 cm³/mol. The molecule has 0 spiro atoms. The lowest BCUT2D eigenvalue weighted by molar-refractivity contribution is 0.537. The largest absolute Gasteiger partial charge is 0.342 e. The van der Waals surface area contributed by atoms with Crippen molar-refractivity contribution < 1.29 is 0 Å². The van der Waals surface area contributed by atoms with Crippen LogP contribution >= 0.6 is 0 Å². The molecule has 2 rings (SSSR count). The minimum Gasteiger partial charge on any atom is -0.342 e. The molecule has 0 saturated heterocycles. The average Bonchev–Trinajstić information content (AvgIpc) is 2.74. The molecule has 0 aliphatic heterocycles. The van der Waals surface area contributed by atoms with Crippen molar-refractivity contribution in [2.24, 2.45) is 0 Å². The van der Waals surface area contributed by atoms with Crippen molar-refractivity contribution in [1.29, 1.82) is 0 Å². The molecule has 0 saturated carbocycles. The van der Waals surface area contributed by atoms with Crippen LogP contribution in [0.4, 0.5) is 0 Å².